The van der Waals surface area contributed by atoms with Crippen molar-refractivity contribution in [3.05, 3.63) is 0 Å². The average Bonchev–Trinajstić information content (AvgIpc) is 3.18. The topological polar surface area (TPSA) is 101 Å². The maximum Gasteiger partial charge on any atom is 0.247 e. The Bertz CT molecular complexity index is 652. The van der Waals surface area contributed by atoms with Gasteiger partial charge in [-0.3, -0.25) is 14.9 Å². The molecular weight excluding hydrogens is 368 g/mol. The number of aliphatic imine (C=N–C) groups is 1. The van der Waals surface area contributed by atoms with Crippen molar-refractivity contribution >= 4 is 17.8 Å². The number of guanidine groups is 1. The Hall–Kier alpha value is -2.30. The predicted molar refractivity (Wildman–Crippen MR) is 111 cm³/mol. The zero-order chi connectivity index (χ0) is 20.6. The number of carbonyl (C=O) groups is 2. The monoisotopic (exact) mass is 402 g/mol. The van der Waals surface area contributed by atoms with Crippen LogP contribution in [0, 0.1) is 17.4 Å². The van der Waals surface area contributed by atoms with Gasteiger partial charge in [0, 0.05) is 25.7 Å². The second-order valence-corrected chi connectivity index (χ2v) is 8.69. The lowest BCUT2D eigenvalue weighted by atomic mass is 9.87. The Kier molecular flexibility index (Phi) is 7.73. The molecule has 2 heterocycles. The predicted octanol–water partition coefficient (Wildman–Crippen LogP) is 1.58. The maximum absolute atomic E-state index is 13.1. The highest BCUT2D eigenvalue weighted by atomic mass is 16.2. The lowest BCUT2D eigenvalue weighted by molar-refractivity contribution is -0.140. The second-order valence-electron chi connectivity index (χ2n) is 8.69. The fraction of sp³-hybridized carbons (Fsp3) is 0.810. The number of hydrogen-bond acceptors (Lipinski definition) is 4. The van der Waals surface area contributed by atoms with Gasteiger partial charge in [-0.05, 0) is 50.9 Å². The fourth-order valence-corrected chi connectivity index (χ4v) is 4.66. The minimum atomic E-state index is -0.548. The van der Waals surface area contributed by atoms with Crippen LogP contribution in [-0.4, -0.2) is 65.8 Å². The molecule has 2 amide bonds. The van der Waals surface area contributed by atoms with Gasteiger partial charge in [-0.1, -0.05) is 19.8 Å². The van der Waals surface area contributed by atoms with Gasteiger partial charge in [-0.15, -0.1) is 0 Å². The summed E-state index contributed by atoms with van der Waals surface area (Å²) in [6.45, 7) is 4.57. The smallest absolute Gasteiger partial charge is 0.247 e. The van der Waals surface area contributed by atoms with Crippen LogP contribution in [0.1, 0.15) is 64.7 Å². The number of nitrogens with zero attached hydrogens (tertiary/aromatic N) is 4. The third kappa shape index (κ3) is 6.09. The summed E-state index contributed by atoms with van der Waals surface area (Å²) in [7, 11) is 0. The highest BCUT2D eigenvalue weighted by Crippen LogP contribution is 2.23. The van der Waals surface area contributed by atoms with Crippen LogP contribution in [0.25, 0.3) is 0 Å². The average molecular weight is 403 g/mol. The molecule has 1 saturated carbocycles. The van der Waals surface area contributed by atoms with Gasteiger partial charge in [-0.2, -0.15) is 5.26 Å². The van der Waals surface area contributed by atoms with Gasteiger partial charge in [0.25, 0.3) is 0 Å². The van der Waals surface area contributed by atoms with E-state index in [-0.39, 0.29) is 24.4 Å². The molecule has 2 aliphatic heterocycles. The first-order valence-electron chi connectivity index (χ1n) is 11.1. The van der Waals surface area contributed by atoms with E-state index in [0.29, 0.717) is 24.8 Å². The Morgan fingerprint density at radius 3 is 2.62 bits per heavy atom. The van der Waals surface area contributed by atoms with Crippen molar-refractivity contribution in [2.45, 2.75) is 76.8 Å². The molecule has 29 heavy (non-hydrogen) atoms. The molecule has 1 aliphatic carbocycles. The highest BCUT2D eigenvalue weighted by molar-refractivity contribution is 5.90. The molecule has 2 N–H and O–H groups in total. The molecule has 0 aromatic heterocycles. The fourth-order valence-electron chi connectivity index (χ4n) is 4.66. The lowest BCUT2D eigenvalue weighted by Gasteiger charge is -2.29. The van der Waals surface area contributed by atoms with E-state index in [1.165, 1.54) is 6.42 Å². The molecule has 3 rings (SSSR count). The van der Waals surface area contributed by atoms with Crippen molar-refractivity contribution in [1.29, 1.82) is 5.26 Å². The van der Waals surface area contributed by atoms with Crippen molar-refractivity contribution in [1.82, 2.24) is 20.4 Å². The molecule has 3 aliphatic rings. The molecule has 0 aromatic carbocycles. The van der Waals surface area contributed by atoms with Crippen LogP contribution in [0.3, 0.4) is 0 Å². The highest BCUT2D eigenvalue weighted by Gasteiger charge is 2.30. The summed E-state index contributed by atoms with van der Waals surface area (Å²) in [5.41, 5.74) is 0. The molecule has 2 saturated heterocycles. The number of carbonyl (C=O) groups excluding carboxylic acids is 2. The molecule has 0 bridgehead atoms. The van der Waals surface area contributed by atoms with Crippen molar-refractivity contribution in [2.75, 3.05) is 26.2 Å². The van der Waals surface area contributed by atoms with E-state index in [9.17, 15) is 9.59 Å². The third-order valence-corrected chi connectivity index (χ3v) is 6.27. The Balaban J connectivity index is 1.65. The number of amides is 2. The molecule has 0 spiro atoms. The van der Waals surface area contributed by atoms with Gasteiger partial charge in [0.2, 0.25) is 17.8 Å². The van der Waals surface area contributed by atoms with Gasteiger partial charge in [-0.25, -0.2) is 4.99 Å². The van der Waals surface area contributed by atoms with Gasteiger partial charge in [0.05, 0.1) is 6.54 Å². The first-order valence-corrected chi connectivity index (χ1v) is 11.1. The third-order valence-electron chi connectivity index (χ3n) is 6.27. The van der Waals surface area contributed by atoms with E-state index >= 15 is 0 Å². The Morgan fingerprint density at radius 2 is 1.90 bits per heavy atom. The second kappa shape index (κ2) is 10.5. The van der Waals surface area contributed by atoms with Crippen LogP contribution in [0.5, 0.6) is 0 Å². The molecule has 8 heteroatoms. The SMILES string of the molecule is CC1CCCC(NC(=NC2CCCCN(CC(=O)N3CCCC3)C2=O)NC#N)C1. The molecule has 0 radical (unpaired) electrons. The summed E-state index contributed by atoms with van der Waals surface area (Å²) in [4.78, 5) is 33.7. The van der Waals surface area contributed by atoms with Gasteiger partial charge in [0.1, 0.15) is 6.04 Å². The maximum atomic E-state index is 13.1. The van der Waals surface area contributed by atoms with Crippen LogP contribution in [0.4, 0.5) is 0 Å². The van der Waals surface area contributed by atoms with Crippen LogP contribution >= 0.6 is 0 Å². The largest absolute Gasteiger partial charge is 0.353 e. The zero-order valence-electron chi connectivity index (χ0n) is 17.5. The summed E-state index contributed by atoms with van der Waals surface area (Å²) in [5.74, 6) is 0.963. The summed E-state index contributed by atoms with van der Waals surface area (Å²) in [6.07, 6.45) is 10.9. The van der Waals surface area contributed by atoms with E-state index in [0.717, 1.165) is 58.0 Å². The first-order chi connectivity index (χ1) is 14.1. The van der Waals surface area contributed by atoms with Crippen molar-refractivity contribution in [3.8, 4) is 6.19 Å². The zero-order valence-corrected chi connectivity index (χ0v) is 17.5. The van der Waals surface area contributed by atoms with Gasteiger partial charge in [0.15, 0.2) is 6.19 Å². The lowest BCUT2D eigenvalue weighted by Crippen LogP contribution is -2.47. The summed E-state index contributed by atoms with van der Waals surface area (Å²) in [6, 6.07) is -0.277. The molecule has 0 aromatic rings. The van der Waals surface area contributed by atoms with Gasteiger partial charge < -0.3 is 15.1 Å². The van der Waals surface area contributed by atoms with Gasteiger partial charge >= 0.3 is 0 Å². The first kappa shape index (κ1) is 21.4. The summed E-state index contributed by atoms with van der Waals surface area (Å²) < 4.78 is 0. The number of likely N-dealkylation sites (tertiary alicyclic amines) is 2. The Morgan fingerprint density at radius 1 is 1.14 bits per heavy atom. The van der Waals surface area contributed by atoms with E-state index < -0.39 is 6.04 Å². The van der Waals surface area contributed by atoms with Crippen molar-refractivity contribution in [2.24, 2.45) is 10.9 Å². The normalized spacial score (nSPS) is 28.6. The van der Waals surface area contributed by atoms with Crippen molar-refractivity contribution < 1.29 is 9.59 Å². The van der Waals surface area contributed by atoms with Crippen LogP contribution in [0.15, 0.2) is 4.99 Å². The minimum Gasteiger partial charge on any atom is -0.353 e. The number of rotatable bonds is 4. The van der Waals surface area contributed by atoms with E-state index in [1.54, 1.807) is 4.90 Å². The number of nitriles is 1. The number of hydrogen-bond donors (Lipinski definition) is 2. The molecule has 160 valence electrons. The number of nitrogens with one attached hydrogen (secondary N) is 2. The molecule has 3 unspecified atom stereocenters. The molecule has 3 atom stereocenters. The van der Waals surface area contributed by atoms with E-state index in [2.05, 4.69) is 22.5 Å². The van der Waals surface area contributed by atoms with Crippen molar-refractivity contribution in [3.63, 3.8) is 0 Å². The quantitative estimate of drug-likeness (QED) is 0.322. The summed E-state index contributed by atoms with van der Waals surface area (Å²) >= 11 is 0. The van der Waals surface area contributed by atoms with E-state index in [4.69, 9.17) is 5.26 Å². The Labute approximate surface area is 173 Å². The standard InChI is InChI=1S/C21H34N6O2/c1-16-7-6-8-17(13-16)24-21(23-15-22)25-18-9-2-3-12-27(20(18)29)14-19(28)26-10-4-5-11-26/h16-18H,2-14H2,1H3,(H2,23,24,25). The molecular formula is C21H34N6O2. The van der Waals surface area contributed by atoms with E-state index in [1.807, 2.05) is 11.1 Å². The summed E-state index contributed by atoms with van der Waals surface area (Å²) in [5, 5.41) is 15.1. The minimum absolute atomic E-state index is 0.0326. The molecule has 3 fully saturated rings. The van der Waals surface area contributed by atoms with Crippen LogP contribution in [-0.2, 0) is 9.59 Å². The van der Waals surface area contributed by atoms with Crippen LogP contribution in [0.2, 0.25) is 0 Å². The van der Waals surface area contributed by atoms with Crippen LogP contribution < -0.4 is 10.6 Å². The molecule has 8 nitrogen and oxygen atoms in total.